The highest BCUT2D eigenvalue weighted by Gasteiger charge is 2.24. The Morgan fingerprint density at radius 1 is 1.20 bits per heavy atom. The highest BCUT2D eigenvalue weighted by Crippen LogP contribution is 2.29. The molecule has 0 radical (unpaired) electrons. The number of amides is 1. The van der Waals surface area contributed by atoms with E-state index in [0.717, 1.165) is 5.82 Å². The second kappa shape index (κ2) is 9.65. The fraction of sp³-hybridized carbons (Fsp3) is 0.423. The van der Waals surface area contributed by atoms with Crippen LogP contribution in [0.5, 0.6) is 0 Å². The maximum absolute atomic E-state index is 15.7. The molecule has 1 aliphatic heterocycles. The minimum Gasteiger partial charge on any atom is -0.444 e. The van der Waals surface area contributed by atoms with E-state index in [-0.39, 0.29) is 29.5 Å². The zero-order valence-corrected chi connectivity index (χ0v) is 20.6. The van der Waals surface area contributed by atoms with Crippen LogP contribution in [0, 0.1) is 5.82 Å². The topological polar surface area (TPSA) is 96.6 Å². The number of halogens is 1. The van der Waals surface area contributed by atoms with Gasteiger partial charge < -0.3 is 24.7 Å². The fourth-order valence-corrected chi connectivity index (χ4v) is 4.24. The summed E-state index contributed by atoms with van der Waals surface area (Å²) >= 11 is 0. The number of anilines is 1. The van der Waals surface area contributed by atoms with Crippen LogP contribution in [0.4, 0.5) is 15.0 Å². The lowest BCUT2D eigenvalue weighted by atomic mass is 10.0. The van der Waals surface area contributed by atoms with Gasteiger partial charge >= 0.3 is 6.09 Å². The van der Waals surface area contributed by atoms with Crippen LogP contribution in [0.3, 0.4) is 0 Å². The zero-order chi connectivity index (χ0) is 25.3. The highest BCUT2D eigenvalue weighted by atomic mass is 19.1. The molecular formula is C26H31FN4O4. The molecule has 2 atom stereocenters. The summed E-state index contributed by atoms with van der Waals surface area (Å²) in [6.45, 7) is 10.7. The van der Waals surface area contributed by atoms with E-state index in [0.29, 0.717) is 30.0 Å². The van der Waals surface area contributed by atoms with Crippen LogP contribution < -0.4 is 15.8 Å². The first-order valence-electron chi connectivity index (χ1n) is 11.7. The van der Waals surface area contributed by atoms with E-state index in [1.165, 1.54) is 6.07 Å². The zero-order valence-electron chi connectivity index (χ0n) is 20.6. The number of nitrogens with one attached hydrogen (secondary N) is 2. The average Bonchev–Trinajstić information content (AvgIpc) is 2.77. The summed E-state index contributed by atoms with van der Waals surface area (Å²) in [6, 6.07) is 10.2. The van der Waals surface area contributed by atoms with Gasteiger partial charge in [0.05, 0.1) is 24.4 Å². The van der Waals surface area contributed by atoms with Crippen molar-refractivity contribution in [3.63, 3.8) is 0 Å². The standard InChI is InChI=1S/C26H31FN4O4/c1-15-13-31(14-16(2)34-15)22-8-6-7-21(30-22)19-10-9-18-20(23(19)27)11-17(29-24(18)32)12-28-25(33)35-26(3,4)5/h6-11,15-16H,12-14H2,1-5H3,(H,28,33)(H,29,32)/t15-,16+. The number of nitrogens with zero attached hydrogens (tertiary/aromatic N) is 2. The molecule has 0 unspecified atom stereocenters. The molecule has 1 saturated heterocycles. The molecule has 186 valence electrons. The molecule has 1 aromatic carbocycles. The lowest BCUT2D eigenvalue weighted by Crippen LogP contribution is -2.45. The van der Waals surface area contributed by atoms with Crippen LogP contribution >= 0.6 is 0 Å². The number of fused-ring (bicyclic) bond motifs is 1. The number of hydrogen-bond acceptors (Lipinski definition) is 6. The molecule has 3 heterocycles. The van der Waals surface area contributed by atoms with Gasteiger partial charge in [-0.2, -0.15) is 0 Å². The van der Waals surface area contributed by atoms with Gasteiger partial charge in [0.25, 0.3) is 5.56 Å². The number of carbonyl (C=O) groups is 1. The van der Waals surface area contributed by atoms with Gasteiger partial charge in [-0.15, -0.1) is 0 Å². The predicted octanol–water partition coefficient (Wildman–Crippen LogP) is 4.37. The van der Waals surface area contributed by atoms with E-state index in [9.17, 15) is 9.59 Å². The van der Waals surface area contributed by atoms with Crippen LogP contribution in [0.25, 0.3) is 22.0 Å². The van der Waals surface area contributed by atoms with Gasteiger partial charge in [0.2, 0.25) is 0 Å². The number of alkyl carbamates (subject to hydrolysis) is 1. The fourth-order valence-electron chi connectivity index (χ4n) is 4.24. The van der Waals surface area contributed by atoms with Crippen molar-refractivity contribution in [3.05, 3.63) is 58.3 Å². The number of aromatic amines is 1. The molecule has 1 aliphatic rings. The maximum Gasteiger partial charge on any atom is 0.407 e. The molecule has 35 heavy (non-hydrogen) atoms. The Morgan fingerprint density at radius 3 is 2.60 bits per heavy atom. The van der Waals surface area contributed by atoms with Gasteiger partial charge in [-0.3, -0.25) is 4.79 Å². The van der Waals surface area contributed by atoms with Crippen LogP contribution in [0.1, 0.15) is 40.3 Å². The molecular weight excluding hydrogens is 451 g/mol. The molecule has 0 bridgehead atoms. The van der Waals surface area contributed by atoms with Crippen LogP contribution in [-0.2, 0) is 16.0 Å². The summed E-state index contributed by atoms with van der Waals surface area (Å²) in [7, 11) is 0. The Bertz CT molecular complexity index is 1290. The summed E-state index contributed by atoms with van der Waals surface area (Å²) in [4.78, 5) is 34.1. The number of H-pyrrole nitrogens is 1. The molecule has 0 spiro atoms. The van der Waals surface area contributed by atoms with Gasteiger partial charge in [-0.05, 0) is 65.0 Å². The van der Waals surface area contributed by atoms with Crippen molar-refractivity contribution < 1.29 is 18.7 Å². The maximum atomic E-state index is 15.7. The second-order valence-electron chi connectivity index (χ2n) is 9.91. The Hall–Kier alpha value is -3.46. The van der Waals surface area contributed by atoms with E-state index in [1.807, 2.05) is 26.0 Å². The van der Waals surface area contributed by atoms with Gasteiger partial charge in [-0.1, -0.05) is 6.07 Å². The first kappa shape index (κ1) is 24.7. The predicted molar refractivity (Wildman–Crippen MR) is 133 cm³/mol. The average molecular weight is 483 g/mol. The Morgan fingerprint density at radius 2 is 1.91 bits per heavy atom. The smallest absolute Gasteiger partial charge is 0.407 e. The molecule has 0 saturated carbocycles. The first-order valence-corrected chi connectivity index (χ1v) is 11.7. The Kier molecular flexibility index (Phi) is 6.80. The highest BCUT2D eigenvalue weighted by molar-refractivity contribution is 5.87. The number of rotatable bonds is 4. The monoisotopic (exact) mass is 482 g/mol. The Labute approximate surface area is 203 Å². The van der Waals surface area contributed by atoms with Crippen LogP contribution in [-0.4, -0.2) is 47.0 Å². The molecule has 1 fully saturated rings. The van der Waals surface area contributed by atoms with Gasteiger partial charge in [0.15, 0.2) is 0 Å². The quantitative estimate of drug-likeness (QED) is 0.573. The van der Waals surface area contributed by atoms with Crippen molar-refractivity contribution in [1.29, 1.82) is 0 Å². The van der Waals surface area contributed by atoms with Crippen LogP contribution in [0.15, 0.2) is 41.2 Å². The van der Waals surface area contributed by atoms with Crippen molar-refractivity contribution in [1.82, 2.24) is 15.3 Å². The number of carbonyl (C=O) groups excluding carboxylic acids is 1. The molecule has 4 rings (SSSR count). The molecule has 1 amide bonds. The number of hydrogen-bond donors (Lipinski definition) is 2. The molecule has 2 aromatic heterocycles. The van der Waals surface area contributed by atoms with Gasteiger partial charge in [0, 0.05) is 35.1 Å². The molecule has 0 aliphatic carbocycles. The van der Waals surface area contributed by atoms with E-state index in [2.05, 4.69) is 15.2 Å². The number of benzene rings is 1. The van der Waals surface area contributed by atoms with E-state index in [1.54, 1.807) is 39.0 Å². The lowest BCUT2D eigenvalue weighted by molar-refractivity contribution is -0.00545. The van der Waals surface area contributed by atoms with Crippen molar-refractivity contribution in [2.24, 2.45) is 0 Å². The van der Waals surface area contributed by atoms with Crippen molar-refractivity contribution in [2.45, 2.75) is 59.0 Å². The normalized spacial score (nSPS) is 18.5. The van der Waals surface area contributed by atoms with Gasteiger partial charge in [0.1, 0.15) is 17.2 Å². The number of aromatic nitrogens is 2. The Balaban J connectivity index is 1.64. The molecule has 3 aromatic rings. The van der Waals surface area contributed by atoms with Crippen molar-refractivity contribution >= 4 is 22.7 Å². The third-order valence-electron chi connectivity index (χ3n) is 5.59. The number of morpholine rings is 1. The summed E-state index contributed by atoms with van der Waals surface area (Å²) in [5.41, 5.74) is 0.0443. The van der Waals surface area contributed by atoms with Crippen LogP contribution in [0.2, 0.25) is 0 Å². The molecule has 9 heteroatoms. The number of ether oxygens (including phenoxy) is 2. The third-order valence-corrected chi connectivity index (χ3v) is 5.59. The number of pyridine rings is 2. The first-order chi connectivity index (χ1) is 16.5. The van der Waals surface area contributed by atoms with E-state index < -0.39 is 23.1 Å². The largest absolute Gasteiger partial charge is 0.444 e. The minimum atomic E-state index is -0.652. The summed E-state index contributed by atoms with van der Waals surface area (Å²) in [6.07, 6.45) is -0.484. The summed E-state index contributed by atoms with van der Waals surface area (Å²) < 4.78 is 26.7. The summed E-state index contributed by atoms with van der Waals surface area (Å²) in [5, 5.41) is 2.96. The SMILES string of the molecule is C[C@@H]1CN(c2cccc(-c3ccc4c(=O)[nH]c(CNC(=O)OC(C)(C)C)cc4c3F)n2)C[C@H](C)O1. The molecule has 8 nitrogen and oxygen atoms in total. The molecule has 2 N–H and O–H groups in total. The minimum absolute atomic E-state index is 0.00903. The third kappa shape index (κ3) is 5.79. The van der Waals surface area contributed by atoms with E-state index in [4.69, 9.17) is 14.5 Å². The summed E-state index contributed by atoms with van der Waals surface area (Å²) in [5.74, 6) is 0.206. The lowest BCUT2D eigenvalue weighted by Gasteiger charge is -2.36. The van der Waals surface area contributed by atoms with Gasteiger partial charge in [-0.25, -0.2) is 14.2 Å². The second-order valence-corrected chi connectivity index (χ2v) is 9.91. The van der Waals surface area contributed by atoms with E-state index >= 15 is 4.39 Å². The van der Waals surface area contributed by atoms with Crippen molar-refractivity contribution in [2.75, 3.05) is 18.0 Å². The van der Waals surface area contributed by atoms with Crippen molar-refractivity contribution in [3.8, 4) is 11.3 Å².